The number of piperidine rings is 1. The van der Waals surface area contributed by atoms with E-state index in [1.54, 1.807) is 0 Å². The van der Waals surface area contributed by atoms with Crippen molar-refractivity contribution in [1.82, 2.24) is 9.80 Å². The van der Waals surface area contributed by atoms with Crippen LogP contribution in [0.2, 0.25) is 0 Å². The van der Waals surface area contributed by atoms with Crippen molar-refractivity contribution >= 4 is 11.8 Å². The first kappa shape index (κ1) is 12.9. The first-order valence-corrected chi connectivity index (χ1v) is 7.73. The molecular formula is C15H24N2O2. The van der Waals surface area contributed by atoms with E-state index < -0.39 is 0 Å². The number of nitrogens with zero attached hydrogens (tertiary/aromatic N) is 2. The second kappa shape index (κ2) is 4.80. The van der Waals surface area contributed by atoms with Gasteiger partial charge in [0.2, 0.25) is 11.8 Å². The number of hydrogen-bond donors (Lipinski definition) is 0. The number of amides is 2. The molecule has 2 amide bonds. The predicted octanol–water partition coefficient (Wildman–Crippen LogP) is 1.93. The summed E-state index contributed by atoms with van der Waals surface area (Å²) in [4.78, 5) is 28.8. The molecule has 0 bridgehead atoms. The van der Waals surface area contributed by atoms with Gasteiger partial charge in [0.25, 0.3) is 0 Å². The molecule has 0 spiro atoms. The van der Waals surface area contributed by atoms with Crippen molar-refractivity contribution in [3.05, 3.63) is 0 Å². The van der Waals surface area contributed by atoms with Crippen LogP contribution in [0.4, 0.5) is 0 Å². The maximum absolute atomic E-state index is 12.7. The molecule has 1 atom stereocenters. The molecule has 1 unspecified atom stereocenters. The van der Waals surface area contributed by atoms with Crippen LogP contribution in [0.15, 0.2) is 0 Å². The summed E-state index contributed by atoms with van der Waals surface area (Å²) in [5.41, 5.74) is -0.0749. The van der Waals surface area contributed by atoms with Gasteiger partial charge in [0, 0.05) is 12.1 Å². The molecule has 1 aliphatic carbocycles. The van der Waals surface area contributed by atoms with Crippen molar-refractivity contribution in [2.45, 2.75) is 69.9 Å². The zero-order chi connectivity index (χ0) is 13.5. The normalized spacial score (nSPS) is 31.3. The number of piperazine rings is 1. The van der Waals surface area contributed by atoms with Gasteiger partial charge in [-0.3, -0.25) is 9.59 Å². The Balaban J connectivity index is 1.82. The lowest BCUT2D eigenvalue weighted by Gasteiger charge is -2.51. The van der Waals surface area contributed by atoms with Gasteiger partial charge in [0.05, 0.1) is 0 Å². The maximum atomic E-state index is 12.7. The molecule has 0 aromatic rings. The van der Waals surface area contributed by atoms with E-state index in [2.05, 4.69) is 6.92 Å². The summed E-state index contributed by atoms with van der Waals surface area (Å²) >= 11 is 0. The largest absolute Gasteiger partial charge is 0.329 e. The van der Waals surface area contributed by atoms with Gasteiger partial charge in [-0.15, -0.1) is 0 Å². The Labute approximate surface area is 115 Å². The van der Waals surface area contributed by atoms with Crippen LogP contribution in [0, 0.1) is 0 Å². The van der Waals surface area contributed by atoms with E-state index in [9.17, 15) is 9.59 Å². The quantitative estimate of drug-likeness (QED) is 0.726. The van der Waals surface area contributed by atoms with Crippen LogP contribution in [0.1, 0.15) is 58.3 Å². The highest BCUT2D eigenvalue weighted by molar-refractivity contribution is 5.95. The monoisotopic (exact) mass is 264 g/mol. The fraction of sp³-hybridized carbons (Fsp3) is 0.867. The van der Waals surface area contributed by atoms with Crippen molar-refractivity contribution in [3.63, 3.8) is 0 Å². The van der Waals surface area contributed by atoms with E-state index in [1.165, 1.54) is 19.3 Å². The van der Waals surface area contributed by atoms with Crippen LogP contribution in [0.5, 0.6) is 0 Å². The molecule has 3 fully saturated rings. The maximum Gasteiger partial charge on any atom is 0.246 e. The molecule has 3 aliphatic rings. The molecule has 2 saturated heterocycles. The van der Waals surface area contributed by atoms with Gasteiger partial charge < -0.3 is 9.80 Å². The molecule has 19 heavy (non-hydrogen) atoms. The Hall–Kier alpha value is -1.06. The van der Waals surface area contributed by atoms with Gasteiger partial charge >= 0.3 is 0 Å². The molecule has 0 aromatic heterocycles. The Morgan fingerprint density at radius 1 is 1.05 bits per heavy atom. The minimum Gasteiger partial charge on any atom is -0.329 e. The number of carbonyl (C=O) groups excluding carboxylic acids is 2. The zero-order valence-corrected chi connectivity index (χ0v) is 11.9. The van der Waals surface area contributed by atoms with Crippen LogP contribution in [0.3, 0.4) is 0 Å². The van der Waals surface area contributed by atoms with Crippen molar-refractivity contribution < 1.29 is 9.59 Å². The summed E-state index contributed by atoms with van der Waals surface area (Å²) in [5, 5.41) is 0. The molecule has 3 rings (SSSR count). The van der Waals surface area contributed by atoms with Gasteiger partial charge in [-0.1, -0.05) is 19.3 Å². The number of carbonyl (C=O) groups is 2. The highest BCUT2D eigenvalue weighted by atomic mass is 16.2. The summed E-state index contributed by atoms with van der Waals surface area (Å²) in [6.45, 7) is 3.27. The first-order chi connectivity index (χ1) is 9.12. The van der Waals surface area contributed by atoms with Crippen molar-refractivity contribution in [3.8, 4) is 0 Å². The summed E-state index contributed by atoms with van der Waals surface area (Å²) in [6.07, 6.45) is 8.72. The topological polar surface area (TPSA) is 40.6 Å². The highest BCUT2D eigenvalue weighted by Crippen LogP contribution is 2.36. The molecule has 2 aliphatic heterocycles. The number of fused-ring (bicyclic) bond motifs is 1. The smallest absolute Gasteiger partial charge is 0.246 e. The van der Waals surface area contributed by atoms with Gasteiger partial charge in [-0.05, 0) is 39.0 Å². The summed E-state index contributed by atoms with van der Waals surface area (Å²) in [6, 6.07) is -0.159. The molecule has 1 saturated carbocycles. The number of hydrogen-bond acceptors (Lipinski definition) is 2. The molecule has 4 nitrogen and oxygen atoms in total. The van der Waals surface area contributed by atoms with Crippen LogP contribution in [-0.2, 0) is 9.59 Å². The second-order valence-electron chi connectivity index (χ2n) is 6.58. The Morgan fingerprint density at radius 2 is 1.79 bits per heavy atom. The van der Waals surface area contributed by atoms with Crippen LogP contribution in [-0.4, -0.2) is 46.3 Å². The van der Waals surface area contributed by atoms with Gasteiger partial charge in [0.1, 0.15) is 12.6 Å². The van der Waals surface area contributed by atoms with E-state index >= 15 is 0 Å². The minimum atomic E-state index is -0.159. The second-order valence-corrected chi connectivity index (χ2v) is 6.58. The fourth-order valence-electron chi connectivity index (χ4n) is 4.01. The fourth-order valence-corrected chi connectivity index (χ4v) is 4.01. The Morgan fingerprint density at radius 3 is 2.53 bits per heavy atom. The third kappa shape index (κ3) is 2.15. The standard InChI is InChI=1S/C15H24N2O2/c1-15(8-4-2-5-9-15)17-11-13(18)16-10-6-3-7-12(16)14(17)19/h12H,2-11H2,1H3. The van der Waals surface area contributed by atoms with Crippen LogP contribution < -0.4 is 0 Å². The Kier molecular flexibility index (Phi) is 3.27. The molecule has 2 heterocycles. The lowest BCUT2D eigenvalue weighted by molar-refractivity contribution is -0.164. The van der Waals surface area contributed by atoms with Crippen LogP contribution in [0.25, 0.3) is 0 Å². The molecule has 4 heteroatoms. The molecular weight excluding hydrogens is 240 g/mol. The third-order valence-corrected chi connectivity index (χ3v) is 5.25. The van der Waals surface area contributed by atoms with E-state index in [-0.39, 0.29) is 23.4 Å². The SMILES string of the molecule is CC1(N2CC(=O)N3CCCCC3C2=O)CCCCC1. The molecule has 106 valence electrons. The minimum absolute atomic E-state index is 0.0749. The molecule has 0 N–H and O–H groups in total. The summed E-state index contributed by atoms with van der Waals surface area (Å²) < 4.78 is 0. The molecule has 0 aromatic carbocycles. The van der Waals surface area contributed by atoms with E-state index in [4.69, 9.17) is 0 Å². The Bertz CT molecular complexity index is 388. The third-order valence-electron chi connectivity index (χ3n) is 5.25. The van der Waals surface area contributed by atoms with Crippen molar-refractivity contribution in [2.75, 3.05) is 13.1 Å². The highest BCUT2D eigenvalue weighted by Gasteiger charge is 2.46. The summed E-state index contributed by atoms with van der Waals surface area (Å²) in [5.74, 6) is 0.375. The first-order valence-electron chi connectivity index (χ1n) is 7.73. The average Bonchev–Trinajstić information content (AvgIpc) is 2.43. The lowest BCUT2D eigenvalue weighted by atomic mass is 9.80. The van der Waals surface area contributed by atoms with Crippen molar-refractivity contribution in [2.24, 2.45) is 0 Å². The predicted molar refractivity (Wildman–Crippen MR) is 72.6 cm³/mol. The van der Waals surface area contributed by atoms with E-state index in [0.717, 1.165) is 38.6 Å². The van der Waals surface area contributed by atoms with Crippen molar-refractivity contribution in [1.29, 1.82) is 0 Å². The van der Waals surface area contributed by atoms with Gasteiger partial charge in [-0.2, -0.15) is 0 Å². The zero-order valence-electron chi connectivity index (χ0n) is 11.9. The molecule has 0 radical (unpaired) electrons. The van der Waals surface area contributed by atoms with Gasteiger partial charge in [-0.25, -0.2) is 0 Å². The van der Waals surface area contributed by atoms with E-state index in [0.29, 0.717) is 6.54 Å². The van der Waals surface area contributed by atoms with Gasteiger partial charge in [0.15, 0.2) is 0 Å². The van der Waals surface area contributed by atoms with Crippen LogP contribution >= 0.6 is 0 Å². The average molecular weight is 264 g/mol. The number of rotatable bonds is 1. The van der Waals surface area contributed by atoms with E-state index in [1.807, 2.05) is 9.80 Å². The lowest BCUT2D eigenvalue weighted by Crippen LogP contribution is -2.66. The summed E-state index contributed by atoms with van der Waals surface area (Å²) in [7, 11) is 0.